The van der Waals surface area contributed by atoms with Crippen molar-refractivity contribution in [2.45, 2.75) is 59.5 Å². The van der Waals surface area contributed by atoms with Gasteiger partial charge in [0.25, 0.3) is 0 Å². The molecule has 2 fully saturated rings. The molecule has 2 saturated carbocycles. The summed E-state index contributed by atoms with van der Waals surface area (Å²) in [4.78, 5) is 0. The number of fused-ring (bicyclic) bond motifs is 1. The van der Waals surface area contributed by atoms with E-state index in [1.165, 1.54) is 0 Å². The second-order valence-electron chi connectivity index (χ2n) is 8.02. The highest BCUT2D eigenvalue weighted by atomic mass is 16.3. The first-order chi connectivity index (χ1) is 8.72. The van der Waals surface area contributed by atoms with E-state index < -0.39 is 0 Å². The molecule has 0 bridgehead atoms. The van der Waals surface area contributed by atoms with Crippen molar-refractivity contribution in [3.8, 4) is 0 Å². The summed E-state index contributed by atoms with van der Waals surface area (Å²) >= 11 is 0. The van der Waals surface area contributed by atoms with Crippen molar-refractivity contribution < 1.29 is 15.3 Å². The molecule has 0 aromatic rings. The first-order valence-corrected chi connectivity index (χ1v) is 7.62. The highest BCUT2D eigenvalue weighted by Crippen LogP contribution is 2.63. The van der Waals surface area contributed by atoms with E-state index in [-0.39, 0.29) is 41.5 Å². The Balaban J connectivity index is 2.40. The van der Waals surface area contributed by atoms with Crippen LogP contribution >= 0.6 is 0 Å². The van der Waals surface area contributed by atoms with Gasteiger partial charge in [-0.1, -0.05) is 27.7 Å². The summed E-state index contributed by atoms with van der Waals surface area (Å²) in [6.07, 6.45) is 3.48. The van der Waals surface area contributed by atoms with Gasteiger partial charge in [0.15, 0.2) is 0 Å². The lowest BCUT2D eigenvalue weighted by molar-refractivity contribution is -0.186. The van der Waals surface area contributed by atoms with Gasteiger partial charge in [-0.25, -0.2) is 0 Å². The van der Waals surface area contributed by atoms with Crippen LogP contribution in [0.3, 0.4) is 0 Å². The minimum absolute atomic E-state index is 0.0210. The third kappa shape index (κ3) is 2.05. The minimum atomic E-state index is -0.247. The Morgan fingerprint density at radius 2 is 1.63 bits per heavy atom. The molecule has 0 amide bonds. The molecule has 3 nitrogen and oxygen atoms in total. The molecule has 0 radical (unpaired) electrons. The van der Waals surface area contributed by atoms with Gasteiger partial charge in [-0.05, 0) is 53.8 Å². The van der Waals surface area contributed by atoms with Crippen molar-refractivity contribution in [2.24, 2.45) is 28.1 Å². The van der Waals surface area contributed by atoms with E-state index >= 15 is 0 Å². The lowest BCUT2D eigenvalue weighted by atomic mass is 9.43. The second-order valence-corrected chi connectivity index (χ2v) is 8.02. The van der Waals surface area contributed by atoms with E-state index in [2.05, 4.69) is 27.7 Å². The topological polar surface area (TPSA) is 60.7 Å². The predicted octanol–water partition coefficient (Wildman–Crippen LogP) is 2.19. The first kappa shape index (κ1) is 15.3. The van der Waals surface area contributed by atoms with Gasteiger partial charge in [-0.15, -0.1) is 0 Å². The largest absolute Gasteiger partial charge is 0.396 e. The van der Waals surface area contributed by atoms with Gasteiger partial charge in [-0.3, -0.25) is 0 Å². The summed E-state index contributed by atoms with van der Waals surface area (Å²) in [6, 6.07) is 0. The normalized spacial score (nSPS) is 49.7. The van der Waals surface area contributed by atoms with E-state index in [1.54, 1.807) is 0 Å². The van der Waals surface area contributed by atoms with Gasteiger partial charge in [0.1, 0.15) is 0 Å². The maximum absolute atomic E-state index is 10.3. The highest BCUT2D eigenvalue weighted by molar-refractivity contribution is 5.08. The smallest absolute Gasteiger partial charge is 0.0594 e. The van der Waals surface area contributed by atoms with Crippen molar-refractivity contribution >= 4 is 0 Å². The number of rotatable bonds is 2. The lowest BCUT2D eigenvalue weighted by Gasteiger charge is -2.63. The Hall–Kier alpha value is -0.120. The molecule has 0 aromatic heterocycles. The summed E-state index contributed by atoms with van der Waals surface area (Å²) in [5.74, 6) is 0.538. The molecule has 2 aliphatic carbocycles. The van der Waals surface area contributed by atoms with Gasteiger partial charge in [0.2, 0.25) is 0 Å². The highest BCUT2D eigenvalue weighted by Gasteiger charge is 2.59. The van der Waals surface area contributed by atoms with Gasteiger partial charge < -0.3 is 15.3 Å². The SMILES string of the molecule is CC1(C)[C@@H](O)CC[C@@]2(C)[C@H]1CC[C@](C)(CO)[C@@H]2CO. The molecule has 5 atom stereocenters. The van der Waals surface area contributed by atoms with E-state index in [9.17, 15) is 15.3 Å². The van der Waals surface area contributed by atoms with E-state index in [1.807, 2.05) is 0 Å². The second kappa shape index (κ2) is 4.71. The predicted molar refractivity (Wildman–Crippen MR) is 75.6 cm³/mol. The summed E-state index contributed by atoms with van der Waals surface area (Å²) < 4.78 is 0. The van der Waals surface area contributed by atoms with Crippen LogP contribution in [0.15, 0.2) is 0 Å². The fourth-order valence-corrected chi connectivity index (χ4v) is 5.26. The molecule has 0 aliphatic heterocycles. The van der Waals surface area contributed by atoms with Crippen LogP contribution in [0.5, 0.6) is 0 Å². The third-order valence-corrected chi connectivity index (χ3v) is 6.69. The molecule has 0 spiro atoms. The van der Waals surface area contributed by atoms with E-state index in [4.69, 9.17) is 0 Å². The van der Waals surface area contributed by atoms with Crippen LogP contribution in [0.1, 0.15) is 53.4 Å². The van der Waals surface area contributed by atoms with Crippen LogP contribution < -0.4 is 0 Å². The van der Waals surface area contributed by atoms with Crippen LogP contribution in [0.25, 0.3) is 0 Å². The fraction of sp³-hybridized carbons (Fsp3) is 1.00. The third-order valence-electron chi connectivity index (χ3n) is 6.69. The minimum Gasteiger partial charge on any atom is -0.396 e. The molecule has 0 heterocycles. The molecule has 3 heteroatoms. The molecule has 112 valence electrons. The van der Waals surface area contributed by atoms with Crippen molar-refractivity contribution in [1.82, 2.24) is 0 Å². The number of hydrogen-bond acceptors (Lipinski definition) is 3. The van der Waals surface area contributed by atoms with Gasteiger partial charge >= 0.3 is 0 Å². The Morgan fingerprint density at radius 1 is 1.00 bits per heavy atom. The quantitative estimate of drug-likeness (QED) is 0.721. The van der Waals surface area contributed by atoms with Crippen LogP contribution in [0, 0.1) is 28.1 Å². The zero-order valence-corrected chi connectivity index (χ0v) is 12.8. The molecule has 0 aromatic carbocycles. The average molecular weight is 270 g/mol. The zero-order chi connectivity index (χ0) is 14.5. The Kier molecular flexibility index (Phi) is 3.79. The summed E-state index contributed by atoms with van der Waals surface area (Å²) in [7, 11) is 0. The average Bonchev–Trinajstić information content (AvgIpc) is 2.34. The van der Waals surface area contributed by atoms with Crippen molar-refractivity contribution in [3.05, 3.63) is 0 Å². The maximum Gasteiger partial charge on any atom is 0.0594 e. The molecule has 19 heavy (non-hydrogen) atoms. The van der Waals surface area contributed by atoms with Gasteiger partial charge in [0, 0.05) is 13.2 Å². The molecule has 2 rings (SSSR count). The van der Waals surface area contributed by atoms with Gasteiger partial charge in [-0.2, -0.15) is 0 Å². The van der Waals surface area contributed by atoms with Crippen LogP contribution in [0.2, 0.25) is 0 Å². The number of hydrogen-bond donors (Lipinski definition) is 3. The molecular weight excluding hydrogens is 240 g/mol. The van der Waals surface area contributed by atoms with E-state index in [0.717, 1.165) is 25.7 Å². The van der Waals surface area contributed by atoms with Crippen molar-refractivity contribution in [3.63, 3.8) is 0 Å². The monoisotopic (exact) mass is 270 g/mol. The first-order valence-electron chi connectivity index (χ1n) is 7.62. The molecule has 2 aliphatic rings. The standard InChI is InChI=1S/C16H30O3/c1-14(2)11-5-7-15(3,10-18)12(9-17)16(11,4)8-6-13(14)19/h11-13,17-19H,5-10H2,1-4H3/t11-,12-,13-,15+,16-/m0/s1. The fourth-order valence-electron chi connectivity index (χ4n) is 5.26. The Morgan fingerprint density at radius 3 is 2.16 bits per heavy atom. The molecular formula is C16H30O3. The molecule has 0 saturated heterocycles. The van der Waals surface area contributed by atoms with Crippen molar-refractivity contribution in [1.29, 1.82) is 0 Å². The number of aliphatic hydroxyl groups is 3. The summed E-state index contributed by atoms with van der Waals surface area (Å²) in [6.45, 7) is 8.97. The Labute approximate surface area is 117 Å². The zero-order valence-electron chi connectivity index (χ0n) is 12.8. The molecule has 0 unspecified atom stereocenters. The Bertz CT molecular complexity index is 332. The van der Waals surface area contributed by atoms with Crippen LogP contribution in [-0.4, -0.2) is 34.6 Å². The maximum atomic E-state index is 10.3. The number of aliphatic hydroxyl groups excluding tert-OH is 3. The lowest BCUT2D eigenvalue weighted by Crippen LogP contribution is -2.60. The van der Waals surface area contributed by atoms with Crippen molar-refractivity contribution in [2.75, 3.05) is 13.2 Å². The van der Waals surface area contributed by atoms with Crippen LogP contribution in [-0.2, 0) is 0 Å². The summed E-state index contributed by atoms with van der Waals surface area (Å²) in [5.41, 5.74) is -0.261. The van der Waals surface area contributed by atoms with E-state index in [0.29, 0.717) is 5.92 Å². The van der Waals surface area contributed by atoms with Gasteiger partial charge in [0.05, 0.1) is 6.10 Å². The molecule has 3 N–H and O–H groups in total. The van der Waals surface area contributed by atoms with Crippen LogP contribution in [0.4, 0.5) is 0 Å². The summed E-state index contributed by atoms with van der Waals surface area (Å²) in [5, 5.41) is 30.0.